The number of hydrogen-bond acceptors (Lipinski definition) is 6. The van der Waals surface area contributed by atoms with Crippen LogP contribution in [0, 0.1) is 0 Å². The van der Waals surface area contributed by atoms with Crippen molar-refractivity contribution < 1.29 is 22.6 Å². The van der Waals surface area contributed by atoms with Crippen LogP contribution in [-0.4, -0.2) is 33.1 Å². The summed E-state index contributed by atoms with van der Waals surface area (Å²) in [5, 5.41) is 6.91. The third-order valence-corrected chi connectivity index (χ3v) is 3.74. The van der Waals surface area contributed by atoms with Gasteiger partial charge in [0.2, 0.25) is 0 Å². The lowest BCUT2D eigenvalue weighted by atomic mass is 10.1. The summed E-state index contributed by atoms with van der Waals surface area (Å²) in [6.07, 6.45) is -4.87. The van der Waals surface area contributed by atoms with E-state index in [4.69, 9.17) is 4.74 Å². The van der Waals surface area contributed by atoms with Gasteiger partial charge in [-0.1, -0.05) is 26.0 Å². The maximum atomic E-state index is 12.5. The van der Waals surface area contributed by atoms with Crippen molar-refractivity contribution in [2.45, 2.75) is 32.7 Å². The first-order valence-electron chi connectivity index (χ1n) is 8.15. The Morgan fingerprint density at radius 1 is 1.15 bits per heavy atom. The molecule has 0 spiro atoms. The number of nitrogens with zero attached hydrogens (tertiary/aromatic N) is 4. The van der Waals surface area contributed by atoms with Gasteiger partial charge in [0.05, 0.1) is 12.8 Å². The van der Waals surface area contributed by atoms with Crippen molar-refractivity contribution in [3.05, 3.63) is 41.6 Å². The van der Waals surface area contributed by atoms with E-state index in [1.165, 1.54) is 4.52 Å². The third kappa shape index (κ3) is 4.57. The zero-order valence-corrected chi connectivity index (χ0v) is 14.9. The zero-order chi connectivity index (χ0) is 19.6. The molecule has 0 saturated carbocycles. The molecule has 0 amide bonds. The molecule has 0 atom stereocenters. The minimum absolute atomic E-state index is 0.0256. The van der Waals surface area contributed by atoms with Crippen LogP contribution in [0.1, 0.15) is 31.0 Å². The summed E-state index contributed by atoms with van der Waals surface area (Å²) >= 11 is 0. The molecule has 0 unspecified atom stereocenters. The van der Waals surface area contributed by atoms with Crippen LogP contribution in [0.4, 0.5) is 19.0 Å². The van der Waals surface area contributed by atoms with E-state index in [1.54, 1.807) is 13.2 Å². The van der Waals surface area contributed by atoms with Gasteiger partial charge < -0.3 is 14.8 Å². The molecule has 2 aromatic heterocycles. The van der Waals surface area contributed by atoms with Crippen molar-refractivity contribution in [1.29, 1.82) is 0 Å². The molecule has 1 N–H and O–H groups in total. The number of alkyl halides is 3. The van der Waals surface area contributed by atoms with Crippen LogP contribution in [0.15, 0.2) is 30.3 Å². The van der Waals surface area contributed by atoms with Crippen molar-refractivity contribution in [1.82, 2.24) is 19.6 Å². The Balaban J connectivity index is 1.91. The highest BCUT2D eigenvalue weighted by atomic mass is 19.4. The molecule has 10 heteroatoms. The number of hydrogen-bond donors (Lipinski definition) is 1. The Bertz CT molecular complexity index is 923. The summed E-state index contributed by atoms with van der Waals surface area (Å²) in [5.41, 5.74) is 1.63. The highest BCUT2D eigenvalue weighted by molar-refractivity contribution is 5.47. The average molecular weight is 381 g/mol. The van der Waals surface area contributed by atoms with Gasteiger partial charge in [-0.15, -0.1) is 18.3 Å². The van der Waals surface area contributed by atoms with Gasteiger partial charge in [0, 0.05) is 12.6 Å². The molecular weight excluding hydrogens is 363 g/mol. The Hall–Kier alpha value is -3.04. The summed E-state index contributed by atoms with van der Waals surface area (Å²) in [4.78, 5) is 7.97. The first kappa shape index (κ1) is 18.7. The maximum Gasteiger partial charge on any atom is 0.575 e. The van der Waals surface area contributed by atoms with Crippen LogP contribution in [0.3, 0.4) is 0 Å². The van der Waals surface area contributed by atoms with Crippen LogP contribution in [0.5, 0.6) is 11.8 Å². The molecule has 1 aromatic carbocycles. The summed E-state index contributed by atoms with van der Waals surface area (Å²) in [7, 11) is 1.58. The van der Waals surface area contributed by atoms with Crippen molar-refractivity contribution in [2.24, 2.45) is 0 Å². The molecule has 3 aromatic rings. The van der Waals surface area contributed by atoms with Crippen LogP contribution < -0.4 is 14.8 Å². The average Bonchev–Trinajstić information content (AvgIpc) is 3.00. The van der Waals surface area contributed by atoms with Gasteiger partial charge in [-0.25, -0.2) is 4.98 Å². The first-order valence-corrected chi connectivity index (χ1v) is 8.15. The number of aromatic nitrogens is 4. The van der Waals surface area contributed by atoms with E-state index in [1.807, 2.05) is 38.1 Å². The van der Waals surface area contributed by atoms with Gasteiger partial charge in [-0.3, -0.25) is 0 Å². The fraction of sp³-hybridized carbons (Fsp3) is 0.353. The fourth-order valence-electron chi connectivity index (χ4n) is 2.37. The Kier molecular flexibility index (Phi) is 5.06. The Morgan fingerprint density at radius 2 is 1.85 bits per heavy atom. The molecule has 0 aliphatic carbocycles. The Labute approximate surface area is 153 Å². The van der Waals surface area contributed by atoms with Gasteiger partial charge in [-0.2, -0.15) is 9.50 Å². The number of fused-ring (bicyclic) bond motifs is 1. The molecule has 0 aliphatic rings. The lowest BCUT2D eigenvalue weighted by Gasteiger charge is -2.11. The minimum Gasteiger partial charge on any atom is -0.497 e. The molecular formula is C17H18F3N5O2. The van der Waals surface area contributed by atoms with Crippen LogP contribution in [0.2, 0.25) is 0 Å². The van der Waals surface area contributed by atoms with E-state index in [2.05, 4.69) is 25.1 Å². The molecule has 0 saturated heterocycles. The maximum absolute atomic E-state index is 12.5. The summed E-state index contributed by atoms with van der Waals surface area (Å²) in [6.45, 7) is 4.28. The van der Waals surface area contributed by atoms with E-state index in [0.717, 1.165) is 11.3 Å². The van der Waals surface area contributed by atoms with Gasteiger partial charge in [0.15, 0.2) is 0 Å². The van der Waals surface area contributed by atoms with Crippen molar-refractivity contribution in [3.63, 3.8) is 0 Å². The molecule has 144 valence electrons. The molecule has 0 aliphatic heterocycles. The molecule has 27 heavy (non-hydrogen) atoms. The smallest absolute Gasteiger partial charge is 0.497 e. The Morgan fingerprint density at radius 3 is 2.44 bits per heavy atom. The van der Waals surface area contributed by atoms with E-state index in [-0.39, 0.29) is 11.7 Å². The van der Waals surface area contributed by atoms with E-state index in [0.29, 0.717) is 18.1 Å². The van der Waals surface area contributed by atoms with Gasteiger partial charge in [0.25, 0.3) is 5.78 Å². The lowest BCUT2D eigenvalue weighted by Crippen LogP contribution is -2.18. The second-order valence-electron chi connectivity index (χ2n) is 6.08. The number of benzene rings is 1. The molecule has 2 heterocycles. The number of ether oxygens (including phenoxy) is 2. The SMILES string of the molecule is COc1ccc(CNc2cc(C(C)C)nc3nc(OC(F)(F)F)nn23)cc1. The number of methoxy groups -OCH3 is 1. The van der Waals surface area contributed by atoms with Crippen LogP contribution >= 0.6 is 0 Å². The highest BCUT2D eigenvalue weighted by Gasteiger charge is 2.33. The van der Waals surface area contributed by atoms with Crippen molar-refractivity contribution >= 4 is 11.6 Å². The predicted molar refractivity (Wildman–Crippen MR) is 91.9 cm³/mol. The third-order valence-electron chi connectivity index (χ3n) is 3.74. The van der Waals surface area contributed by atoms with E-state index in [9.17, 15) is 13.2 Å². The molecule has 0 bridgehead atoms. The second kappa shape index (κ2) is 7.29. The van der Waals surface area contributed by atoms with Gasteiger partial charge >= 0.3 is 12.4 Å². The number of nitrogens with one attached hydrogen (secondary N) is 1. The number of anilines is 1. The monoisotopic (exact) mass is 381 g/mol. The minimum atomic E-state index is -4.87. The first-order chi connectivity index (χ1) is 12.7. The molecule has 0 fully saturated rings. The van der Waals surface area contributed by atoms with E-state index >= 15 is 0 Å². The zero-order valence-electron chi connectivity index (χ0n) is 14.9. The summed E-state index contributed by atoms with van der Waals surface area (Å²) in [6, 6.07) is 8.34. The number of rotatable bonds is 6. The molecule has 7 nitrogen and oxygen atoms in total. The van der Waals surface area contributed by atoms with Crippen molar-refractivity contribution in [2.75, 3.05) is 12.4 Å². The molecule has 3 rings (SSSR count). The largest absolute Gasteiger partial charge is 0.575 e. The van der Waals surface area contributed by atoms with Crippen LogP contribution in [-0.2, 0) is 6.54 Å². The standard InChI is InChI=1S/C17H18F3N5O2/c1-10(2)13-8-14(21-9-11-4-6-12(26-3)7-5-11)25-15(22-13)23-16(24-25)27-17(18,19)20/h4-8,10,21H,9H2,1-3H3. The van der Waals surface area contributed by atoms with Gasteiger partial charge in [-0.05, 0) is 23.6 Å². The summed E-state index contributed by atoms with van der Waals surface area (Å²) in [5.74, 6) is 1.28. The quantitative estimate of drug-likeness (QED) is 0.701. The normalized spacial score (nSPS) is 11.8. The van der Waals surface area contributed by atoms with Crippen LogP contribution in [0.25, 0.3) is 5.78 Å². The fourth-order valence-corrected chi connectivity index (χ4v) is 2.37. The van der Waals surface area contributed by atoms with Crippen molar-refractivity contribution in [3.8, 4) is 11.8 Å². The van der Waals surface area contributed by atoms with Gasteiger partial charge in [0.1, 0.15) is 11.6 Å². The lowest BCUT2D eigenvalue weighted by molar-refractivity contribution is -0.277. The predicted octanol–water partition coefficient (Wildman–Crippen LogP) is 3.77. The second-order valence-corrected chi connectivity index (χ2v) is 6.08. The molecule has 0 radical (unpaired) electrons. The topological polar surface area (TPSA) is 73.6 Å². The summed E-state index contributed by atoms with van der Waals surface area (Å²) < 4.78 is 47.5. The highest BCUT2D eigenvalue weighted by Crippen LogP contribution is 2.23. The van der Waals surface area contributed by atoms with E-state index < -0.39 is 12.4 Å². The number of halogens is 3.